The summed E-state index contributed by atoms with van der Waals surface area (Å²) in [6.07, 6.45) is 2.40. The number of rotatable bonds is 4. The van der Waals surface area contributed by atoms with E-state index >= 15 is 0 Å². The molecule has 0 fully saturated rings. The zero-order valence-corrected chi connectivity index (χ0v) is 11.8. The number of benzene rings is 2. The first-order valence-corrected chi connectivity index (χ1v) is 6.65. The molecule has 0 aliphatic heterocycles. The Morgan fingerprint density at radius 3 is 2.16 bits per heavy atom. The molecule has 1 nitrogen and oxygen atoms in total. The van der Waals surface area contributed by atoms with Gasteiger partial charge in [0.15, 0.2) is 0 Å². The van der Waals surface area contributed by atoms with Gasteiger partial charge >= 0.3 is 0 Å². The summed E-state index contributed by atoms with van der Waals surface area (Å²) in [5.74, 6) is 0.921. The van der Waals surface area contributed by atoms with Gasteiger partial charge in [-0.05, 0) is 49.6 Å². The summed E-state index contributed by atoms with van der Waals surface area (Å²) < 4.78 is 5.64. The van der Waals surface area contributed by atoms with Crippen LogP contribution in [-0.4, -0.2) is 6.10 Å². The SMILES string of the molecule is C/C(=C\c1ccc(OC(C)C)cc1)c1ccccc1. The highest BCUT2D eigenvalue weighted by Gasteiger charge is 1.98. The van der Waals surface area contributed by atoms with Gasteiger partial charge in [-0.25, -0.2) is 0 Å². The number of hydrogen-bond donors (Lipinski definition) is 0. The van der Waals surface area contributed by atoms with Gasteiger partial charge in [0.05, 0.1) is 6.10 Å². The Bertz CT molecular complexity index is 536. The zero-order chi connectivity index (χ0) is 13.7. The van der Waals surface area contributed by atoms with Gasteiger partial charge in [-0.2, -0.15) is 0 Å². The number of hydrogen-bond acceptors (Lipinski definition) is 1. The van der Waals surface area contributed by atoms with E-state index in [4.69, 9.17) is 4.74 Å². The third-order valence-corrected chi connectivity index (χ3v) is 2.86. The van der Waals surface area contributed by atoms with Crippen molar-refractivity contribution in [1.82, 2.24) is 0 Å². The smallest absolute Gasteiger partial charge is 0.119 e. The molecular weight excluding hydrogens is 232 g/mol. The average molecular weight is 252 g/mol. The largest absolute Gasteiger partial charge is 0.491 e. The first kappa shape index (κ1) is 13.4. The summed E-state index contributed by atoms with van der Waals surface area (Å²) >= 11 is 0. The van der Waals surface area contributed by atoms with Crippen LogP contribution in [0.25, 0.3) is 11.6 Å². The second-order valence-electron chi connectivity index (χ2n) is 4.93. The number of allylic oxidation sites excluding steroid dienone is 1. The van der Waals surface area contributed by atoms with E-state index in [9.17, 15) is 0 Å². The van der Waals surface area contributed by atoms with E-state index in [2.05, 4.69) is 49.4 Å². The van der Waals surface area contributed by atoms with E-state index in [1.165, 1.54) is 16.7 Å². The molecule has 0 heterocycles. The fourth-order valence-corrected chi connectivity index (χ4v) is 1.95. The van der Waals surface area contributed by atoms with Crippen molar-refractivity contribution >= 4 is 11.6 Å². The molecule has 0 aliphatic rings. The van der Waals surface area contributed by atoms with Gasteiger partial charge in [-0.1, -0.05) is 48.5 Å². The summed E-state index contributed by atoms with van der Waals surface area (Å²) in [6, 6.07) is 18.6. The van der Waals surface area contributed by atoms with Crippen molar-refractivity contribution in [3.63, 3.8) is 0 Å². The molecule has 0 N–H and O–H groups in total. The Kier molecular flexibility index (Phi) is 4.40. The summed E-state index contributed by atoms with van der Waals surface area (Å²) in [5.41, 5.74) is 3.71. The average Bonchev–Trinajstić information content (AvgIpc) is 2.41. The number of ether oxygens (including phenoxy) is 1. The van der Waals surface area contributed by atoms with Crippen LogP contribution in [0, 0.1) is 0 Å². The quantitative estimate of drug-likeness (QED) is 0.693. The topological polar surface area (TPSA) is 9.23 Å². The second kappa shape index (κ2) is 6.24. The normalized spacial score (nSPS) is 11.7. The van der Waals surface area contributed by atoms with Crippen molar-refractivity contribution in [1.29, 1.82) is 0 Å². The fourth-order valence-electron chi connectivity index (χ4n) is 1.95. The molecular formula is C18H20O. The lowest BCUT2D eigenvalue weighted by molar-refractivity contribution is 0.242. The Morgan fingerprint density at radius 2 is 1.58 bits per heavy atom. The third-order valence-electron chi connectivity index (χ3n) is 2.86. The van der Waals surface area contributed by atoms with Gasteiger partial charge in [-0.3, -0.25) is 0 Å². The lowest BCUT2D eigenvalue weighted by atomic mass is 10.0. The minimum atomic E-state index is 0.215. The Balaban J connectivity index is 2.15. The van der Waals surface area contributed by atoms with Gasteiger partial charge in [0.1, 0.15) is 5.75 Å². The maximum atomic E-state index is 5.64. The lowest BCUT2D eigenvalue weighted by Gasteiger charge is -2.09. The van der Waals surface area contributed by atoms with Crippen LogP contribution in [0.3, 0.4) is 0 Å². The zero-order valence-electron chi connectivity index (χ0n) is 11.8. The summed E-state index contributed by atoms with van der Waals surface area (Å²) in [7, 11) is 0. The Labute approximate surface area is 115 Å². The third kappa shape index (κ3) is 3.99. The van der Waals surface area contributed by atoms with E-state index in [-0.39, 0.29) is 6.10 Å². The van der Waals surface area contributed by atoms with E-state index in [0.717, 1.165) is 5.75 Å². The van der Waals surface area contributed by atoms with Gasteiger partial charge < -0.3 is 4.74 Å². The molecule has 2 aromatic rings. The molecule has 0 atom stereocenters. The monoisotopic (exact) mass is 252 g/mol. The van der Waals surface area contributed by atoms with Gasteiger partial charge in [0.25, 0.3) is 0 Å². The molecule has 0 bridgehead atoms. The molecule has 0 unspecified atom stereocenters. The minimum absolute atomic E-state index is 0.215. The van der Waals surface area contributed by atoms with Crippen LogP contribution in [0.1, 0.15) is 31.9 Å². The van der Waals surface area contributed by atoms with Crippen LogP contribution in [0.2, 0.25) is 0 Å². The second-order valence-corrected chi connectivity index (χ2v) is 4.93. The molecule has 2 aromatic carbocycles. The summed E-state index contributed by atoms with van der Waals surface area (Å²) in [4.78, 5) is 0. The van der Waals surface area contributed by atoms with Crippen molar-refractivity contribution in [2.24, 2.45) is 0 Å². The highest BCUT2D eigenvalue weighted by molar-refractivity contribution is 5.80. The maximum absolute atomic E-state index is 5.64. The van der Waals surface area contributed by atoms with Crippen molar-refractivity contribution in [3.8, 4) is 5.75 Å². The van der Waals surface area contributed by atoms with Crippen LogP contribution < -0.4 is 4.74 Å². The first-order chi connectivity index (χ1) is 9.15. The Hall–Kier alpha value is -2.02. The predicted molar refractivity (Wildman–Crippen MR) is 82.2 cm³/mol. The fraction of sp³-hybridized carbons (Fsp3) is 0.222. The summed E-state index contributed by atoms with van der Waals surface area (Å²) in [5, 5.41) is 0. The molecule has 0 amide bonds. The van der Waals surface area contributed by atoms with Gasteiger partial charge in [-0.15, -0.1) is 0 Å². The first-order valence-electron chi connectivity index (χ1n) is 6.65. The van der Waals surface area contributed by atoms with E-state index in [1.807, 2.05) is 32.0 Å². The molecule has 19 heavy (non-hydrogen) atoms. The van der Waals surface area contributed by atoms with E-state index in [0.29, 0.717) is 0 Å². The molecule has 0 radical (unpaired) electrons. The predicted octanol–water partition coefficient (Wildman–Crippen LogP) is 5.03. The standard InChI is InChI=1S/C18H20O/c1-14(2)19-18-11-9-16(10-12-18)13-15(3)17-7-5-4-6-8-17/h4-14H,1-3H3/b15-13+. The van der Waals surface area contributed by atoms with E-state index in [1.54, 1.807) is 0 Å². The van der Waals surface area contributed by atoms with Crippen LogP contribution in [0.4, 0.5) is 0 Å². The van der Waals surface area contributed by atoms with Crippen molar-refractivity contribution in [2.75, 3.05) is 0 Å². The van der Waals surface area contributed by atoms with Crippen molar-refractivity contribution < 1.29 is 4.74 Å². The van der Waals surface area contributed by atoms with Crippen LogP contribution >= 0.6 is 0 Å². The molecule has 2 rings (SSSR count). The van der Waals surface area contributed by atoms with Crippen molar-refractivity contribution in [3.05, 3.63) is 65.7 Å². The molecule has 0 saturated heterocycles. The Morgan fingerprint density at radius 1 is 0.947 bits per heavy atom. The molecule has 0 aromatic heterocycles. The molecule has 98 valence electrons. The lowest BCUT2D eigenvalue weighted by Crippen LogP contribution is -2.05. The van der Waals surface area contributed by atoms with E-state index < -0.39 is 0 Å². The highest BCUT2D eigenvalue weighted by atomic mass is 16.5. The van der Waals surface area contributed by atoms with Gasteiger partial charge in [0.2, 0.25) is 0 Å². The van der Waals surface area contributed by atoms with Crippen LogP contribution in [-0.2, 0) is 0 Å². The molecule has 0 aliphatic carbocycles. The molecule has 1 heteroatoms. The minimum Gasteiger partial charge on any atom is -0.491 e. The van der Waals surface area contributed by atoms with Crippen molar-refractivity contribution in [2.45, 2.75) is 26.9 Å². The highest BCUT2D eigenvalue weighted by Crippen LogP contribution is 2.19. The maximum Gasteiger partial charge on any atom is 0.119 e. The van der Waals surface area contributed by atoms with Crippen LogP contribution in [0.5, 0.6) is 5.75 Å². The van der Waals surface area contributed by atoms with Crippen LogP contribution in [0.15, 0.2) is 54.6 Å². The molecule has 0 saturated carbocycles. The molecule has 0 spiro atoms. The summed E-state index contributed by atoms with van der Waals surface area (Å²) in [6.45, 7) is 6.20. The van der Waals surface area contributed by atoms with Gasteiger partial charge in [0, 0.05) is 0 Å².